The maximum absolute atomic E-state index is 8.70. The summed E-state index contributed by atoms with van der Waals surface area (Å²) in [6.45, 7) is 3.75. The van der Waals surface area contributed by atoms with E-state index in [9.17, 15) is 0 Å². The Hall–Kier alpha value is -0.550. The molecular formula is C11H13IO2. The minimum Gasteiger partial charge on any atom is -0.465 e. The van der Waals surface area contributed by atoms with Gasteiger partial charge in [0, 0.05) is 6.61 Å². The van der Waals surface area contributed by atoms with Crippen LogP contribution in [0.2, 0.25) is 0 Å². The molecule has 0 radical (unpaired) electrons. The van der Waals surface area contributed by atoms with Crippen LogP contribution < -0.4 is 4.74 Å². The van der Waals surface area contributed by atoms with Crippen LogP contribution in [-0.2, 0) is 6.42 Å². The second-order valence-corrected chi connectivity index (χ2v) is 4.04. The molecule has 0 saturated carbocycles. The molecule has 0 spiro atoms. The Morgan fingerprint density at radius 1 is 1.50 bits per heavy atom. The quantitative estimate of drug-likeness (QED) is 0.669. The molecule has 0 aliphatic carbocycles. The number of rotatable bonds is 5. The number of ether oxygens (including phenoxy) is 1. The molecule has 0 bridgehead atoms. The molecular weight excluding hydrogens is 291 g/mol. The number of halogens is 1. The zero-order chi connectivity index (χ0) is 10.4. The van der Waals surface area contributed by atoms with Crippen molar-refractivity contribution in [1.82, 2.24) is 0 Å². The highest BCUT2D eigenvalue weighted by atomic mass is 127. The minimum absolute atomic E-state index is 0.238. The number of hydrogen-bond donors (Lipinski definition) is 1. The first kappa shape index (κ1) is 11.5. The highest BCUT2D eigenvalue weighted by Crippen LogP contribution is 2.22. The molecule has 0 aromatic heterocycles. The second kappa shape index (κ2) is 6.03. The first-order valence-electron chi connectivity index (χ1n) is 4.44. The molecule has 3 heteroatoms. The zero-order valence-corrected chi connectivity index (χ0v) is 10.0. The summed E-state index contributed by atoms with van der Waals surface area (Å²) in [5, 5.41) is 8.70. The van der Waals surface area contributed by atoms with Gasteiger partial charge in [0.05, 0.1) is 9.83 Å². The van der Waals surface area contributed by atoms with Crippen LogP contribution in [0, 0.1) is 3.57 Å². The molecule has 0 unspecified atom stereocenters. The molecule has 0 amide bonds. The van der Waals surface area contributed by atoms with Crippen LogP contribution in [0.25, 0.3) is 0 Å². The van der Waals surface area contributed by atoms with Crippen LogP contribution in [0.5, 0.6) is 5.75 Å². The minimum atomic E-state index is 0.238. The van der Waals surface area contributed by atoms with Gasteiger partial charge in [0.1, 0.15) is 5.75 Å². The van der Waals surface area contributed by atoms with Crippen molar-refractivity contribution in [2.75, 3.05) is 6.61 Å². The summed E-state index contributed by atoms with van der Waals surface area (Å²) >= 11 is 2.23. The second-order valence-electron chi connectivity index (χ2n) is 2.88. The van der Waals surface area contributed by atoms with Gasteiger partial charge >= 0.3 is 0 Å². The highest BCUT2D eigenvalue weighted by Gasteiger charge is 2.01. The number of aryl methyl sites for hydroxylation is 1. The van der Waals surface area contributed by atoms with E-state index in [1.807, 2.05) is 12.1 Å². The summed E-state index contributed by atoms with van der Waals surface area (Å²) < 4.78 is 6.27. The smallest absolute Gasteiger partial charge is 0.139 e. The predicted molar refractivity (Wildman–Crippen MR) is 65.4 cm³/mol. The third-order valence-corrected chi connectivity index (χ3v) is 2.67. The number of aliphatic hydroxyl groups excluding tert-OH is 1. The largest absolute Gasteiger partial charge is 0.465 e. The molecule has 0 saturated heterocycles. The Morgan fingerprint density at radius 3 is 2.86 bits per heavy atom. The lowest BCUT2D eigenvalue weighted by molar-refractivity contribution is 0.288. The summed E-state index contributed by atoms with van der Waals surface area (Å²) in [5.41, 5.74) is 1.22. The number of benzene rings is 1. The highest BCUT2D eigenvalue weighted by molar-refractivity contribution is 14.1. The van der Waals surface area contributed by atoms with E-state index in [1.165, 1.54) is 11.8 Å². The first-order valence-corrected chi connectivity index (χ1v) is 5.52. The van der Waals surface area contributed by atoms with Gasteiger partial charge in [0.2, 0.25) is 0 Å². The Kier molecular flexibility index (Phi) is 4.97. The molecule has 76 valence electrons. The zero-order valence-electron chi connectivity index (χ0n) is 7.87. The molecule has 1 rings (SSSR count). The molecule has 0 aliphatic heterocycles. The molecule has 1 aromatic carbocycles. The van der Waals surface area contributed by atoms with Gasteiger partial charge in [-0.25, -0.2) is 0 Å². The molecule has 14 heavy (non-hydrogen) atoms. The standard InChI is InChI=1S/C11H13IO2/c1-2-14-11-6-5-9(4-3-7-13)8-10(11)12/h2,5-6,8,13H,1,3-4,7H2. The van der Waals surface area contributed by atoms with Crippen molar-refractivity contribution >= 4 is 22.6 Å². The van der Waals surface area contributed by atoms with Crippen LogP contribution >= 0.6 is 22.6 Å². The van der Waals surface area contributed by atoms with Crippen LogP contribution in [0.4, 0.5) is 0 Å². The lowest BCUT2D eigenvalue weighted by atomic mass is 10.1. The monoisotopic (exact) mass is 304 g/mol. The van der Waals surface area contributed by atoms with E-state index in [2.05, 4.69) is 35.2 Å². The van der Waals surface area contributed by atoms with Gasteiger partial charge in [-0.15, -0.1) is 0 Å². The Labute approximate surface area is 97.7 Å². The van der Waals surface area contributed by atoms with Gasteiger partial charge < -0.3 is 9.84 Å². The first-order chi connectivity index (χ1) is 6.77. The molecule has 0 atom stereocenters. The van der Waals surface area contributed by atoms with Gasteiger partial charge in [-0.1, -0.05) is 12.6 Å². The lowest BCUT2D eigenvalue weighted by Gasteiger charge is -2.05. The van der Waals surface area contributed by atoms with Gasteiger partial charge in [-0.05, 0) is 53.1 Å². The van der Waals surface area contributed by atoms with E-state index in [1.54, 1.807) is 0 Å². The van der Waals surface area contributed by atoms with Gasteiger partial charge in [0.25, 0.3) is 0 Å². The van der Waals surface area contributed by atoms with Crippen molar-refractivity contribution in [3.05, 3.63) is 40.2 Å². The molecule has 2 nitrogen and oxygen atoms in total. The van der Waals surface area contributed by atoms with E-state index < -0.39 is 0 Å². The number of hydrogen-bond acceptors (Lipinski definition) is 2. The van der Waals surface area contributed by atoms with Crippen LogP contribution in [0.1, 0.15) is 12.0 Å². The normalized spacial score (nSPS) is 9.86. The summed E-state index contributed by atoms with van der Waals surface area (Å²) in [6.07, 6.45) is 3.13. The van der Waals surface area contributed by atoms with Crippen molar-refractivity contribution in [3.8, 4) is 5.75 Å². The van der Waals surface area contributed by atoms with E-state index in [0.717, 1.165) is 22.2 Å². The van der Waals surface area contributed by atoms with Crippen LogP contribution in [0.15, 0.2) is 31.0 Å². The summed E-state index contributed by atoms with van der Waals surface area (Å²) in [7, 11) is 0. The van der Waals surface area contributed by atoms with Crippen LogP contribution in [-0.4, -0.2) is 11.7 Å². The Bertz CT molecular complexity index is 310. The Morgan fingerprint density at radius 2 is 2.29 bits per heavy atom. The van der Waals surface area contributed by atoms with Crippen molar-refractivity contribution in [2.45, 2.75) is 12.8 Å². The average Bonchev–Trinajstić information content (AvgIpc) is 2.19. The van der Waals surface area contributed by atoms with E-state index >= 15 is 0 Å². The van der Waals surface area contributed by atoms with Gasteiger partial charge in [0.15, 0.2) is 0 Å². The van der Waals surface area contributed by atoms with E-state index in [0.29, 0.717) is 0 Å². The van der Waals surface area contributed by atoms with Gasteiger partial charge in [-0.2, -0.15) is 0 Å². The third-order valence-electron chi connectivity index (χ3n) is 1.83. The molecule has 0 fully saturated rings. The maximum Gasteiger partial charge on any atom is 0.139 e. The Balaban J connectivity index is 2.72. The van der Waals surface area contributed by atoms with E-state index in [4.69, 9.17) is 9.84 Å². The van der Waals surface area contributed by atoms with Crippen molar-refractivity contribution in [3.63, 3.8) is 0 Å². The van der Waals surface area contributed by atoms with Crippen molar-refractivity contribution < 1.29 is 9.84 Å². The third kappa shape index (κ3) is 3.31. The average molecular weight is 304 g/mol. The molecule has 0 aliphatic rings. The summed E-state index contributed by atoms with van der Waals surface area (Å²) in [4.78, 5) is 0. The maximum atomic E-state index is 8.70. The number of aliphatic hydroxyl groups is 1. The predicted octanol–water partition coefficient (Wildman–Crippen LogP) is 2.74. The fraction of sp³-hybridized carbons (Fsp3) is 0.273. The fourth-order valence-corrected chi connectivity index (χ4v) is 1.88. The molecule has 1 N–H and O–H groups in total. The summed E-state index contributed by atoms with van der Waals surface area (Å²) in [5.74, 6) is 0.827. The lowest BCUT2D eigenvalue weighted by Crippen LogP contribution is -1.92. The van der Waals surface area contributed by atoms with Gasteiger partial charge in [-0.3, -0.25) is 0 Å². The van der Waals surface area contributed by atoms with Crippen LogP contribution in [0.3, 0.4) is 0 Å². The van der Waals surface area contributed by atoms with Crippen molar-refractivity contribution in [2.24, 2.45) is 0 Å². The summed E-state index contributed by atoms with van der Waals surface area (Å²) in [6, 6.07) is 6.00. The van der Waals surface area contributed by atoms with E-state index in [-0.39, 0.29) is 6.61 Å². The van der Waals surface area contributed by atoms with Crippen molar-refractivity contribution in [1.29, 1.82) is 0 Å². The molecule has 0 heterocycles. The fourth-order valence-electron chi connectivity index (χ4n) is 1.17. The molecule has 1 aromatic rings. The SMILES string of the molecule is C=COc1ccc(CCCO)cc1I. The topological polar surface area (TPSA) is 29.5 Å².